The van der Waals surface area contributed by atoms with E-state index in [-0.39, 0.29) is 44.5 Å². The summed E-state index contributed by atoms with van der Waals surface area (Å²) in [5, 5.41) is 66.8. The molecule has 2 aromatic rings. The normalized spacial score (nSPS) is 30.1. The fourth-order valence-corrected chi connectivity index (χ4v) is 7.92. The molecule has 9 unspecified atom stereocenters. The van der Waals surface area contributed by atoms with E-state index in [4.69, 9.17) is 18.9 Å². The average molecular weight is 823 g/mol. The van der Waals surface area contributed by atoms with Gasteiger partial charge in [0.15, 0.2) is 5.75 Å². The fourth-order valence-electron chi connectivity index (χ4n) is 7.92. The molecule has 1 amide bonds. The molecule has 6 N–H and O–H groups in total. The van der Waals surface area contributed by atoms with Crippen molar-refractivity contribution in [2.24, 2.45) is 28.8 Å². The van der Waals surface area contributed by atoms with E-state index in [2.05, 4.69) is 15.3 Å². The van der Waals surface area contributed by atoms with Crippen LogP contribution < -0.4 is 10.1 Å². The molecule has 0 saturated carbocycles. The second-order valence-corrected chi connectivity index (χ2v) is 16.1. The van der Waals surface area contributed by atoms with Gasteiger partial charge in [-0.3, -0.25) is 19.4 Å². The van der Waals surface area contributed by atoms with E-state index in [1.54, 1.807) is 44.9 Å². The van der Waals surface area contributed by atoms with Crippen LogP contribution in [0.4, 0.5) is 5.69 Å². The Morgan fingerprint density at radius 1 is 0.949 bits per heavy atom. The maximum absolute atomic E-state index is 14.4. The number of hydrazone groups is 1. The van der Waals surface area contributed by atoms with E-state index in [9.17, 15) is 39.9 Å². The number of aliphatic hydroxyl groups excluding tert-OH is 2. The summed E-state index contributed by atoms with van der Waals surface area (Å²) >= 11 is 0. The number of allylic oxidation sites excluding steroid dienone is 2. The summed E-state index contributed by atoms with van der Waals surface area (Å²) in [5.41, 5.74) is -0.350. The molecule has 9 atom stereocenters. The van der Waals surface area contributed by atoms with E-state index in [0.717, 1.165) is 13.1 Å². The first-order valence-electron chi connectivity index (χ1n) is 19.8. The number of hydrogen-bond acceptors (Lipinski definition) is 15. The number of likely N-dealkylation sites (N-methyl/N-ethyl adjacent to an activating group) is 1. The van der Waals surface area contributed by atoms with Crippen LogP contribution in [0.15, 0.2) is 41.2 Å². The quantitative estimate of drug-likeness (QED) is 0.109. The zero-order chi connectivity index (χ0) is 43.7. The molecular formula is C43H58N4O12. The van der Waals surface area contributed by atoms with Crippen molar-refractivity contribution in [3.05, 3.63) is 52.8 Å². The van der Waals surface area contributed by atoms with Crippen LogP contribution in [0.5, 0.6) is 23.0 Å². The number of amides is 1. The number of carbonyl (C=O) groups is 3. The highest BCUT2D eigenvalue weighted by Crippen LogP contribution is 2.55. The van der Waals surface area contributed by atoms with Gasteiger partial charge in [0.1, 0.15) is 23.4 Å². The summed E-state index contributed by atoms with van der Waals surface area (Å²) < 4.78 is 23.6. The number of phenols is 3. The molecular weight excluding hydrogens is 764 g/mol. The van der Waals surface area contributed by atoms with Crippen LogP contribution in [0.25, 0.3) is 10.8 Å². The Bertz CT molecular complexity index is 2070. The third kappa shape index (κ3) is 8.91. The van der Waals surface area contributed by atoms with Crippen LogP contribution in [0.1, 0.15) is 70.0 Å². The van der Waals surface area contributed by atoms with Crippen molar-refractivity contribution in [3.63, 3.8) is 0 Å². The van der Waals surface area contributed by atoms with Crippen LogP contribution >= 0.6 is 0 Å². The standard InChI is InChI=1S/C43H58N4O12/c1-21-12-11-13-22(2)42(55)45-33-28(20-44-47-17-15-46(9)16-18-47)37(52)30-31(38(33)53)36(51)26(6)40-32(30)41(54)43(8,59-40)57-19-14-29(56-10)23(3)39(58-27(7)48)25(5)35(50)24(4)34(21)49/h11-14,19-21,23-25,29,34-35,39,49-53H,15-18H2,1-10H3,(H,45,55)/b12-11?,19-14?,22-13?,44-20+. The molecule has 0 aliphatic carbocycles. The number of phenolic OH excluding ortho intramolecular Hbond substituents is 3. The van der Waals surface area contributed by atoms with Gasteiger partial charge in [-0.05, 0) is 27.0 Å². The summed E-state index contributed by atoms with van der Waals surface area (Å²) in [5.74, 6) is -8.34. The molecule has 2 aromatic carbocycles. The van der Waals surface area contributed by atoms with Gasteiger partial charge in [0.05, 0.1) is 53.0 Å². The average Bonchev–Trinajstić information content (AvgIpc) is 3.46. The first-order chi connectivity index (χ1) is 27.7. The number of anilines is 1. The molecule has 1 saturated heterocycles. The predicted molar refractivity (Wildman–Crippen MR) is 220 cm³/mol. The summed E-state index contributed by atoms with van der Waals surface area (Å²) in [6.45, 7) is 15.1. The molecule has 322 valence electrons. The van der Waals surface area contributed by atoms with Gasteiger partial charge < -0.3 is 54.7 Å². The molecule has 6 rings (SSSR count). The molecule has 16 heteroatoms. The second-order valence-electron chi connectivity index (χ2n) is 16.1. The van der Waals surface area contributed by atoms with Gasteiger partial charge >= 0.3 is 11.8 Å². The Labute approximate surface area is 344 Å². The maximum Gasteiger partial charge on any atom is 0.312 e. The van der Waals surface area contributed by atoms with Gasteiger partial charge in [0.2, 0.25) is 0 Å². The lowest BCUT2D eigenvalue weighted by molar-refractivity contribution is -0.160. The number of piperazine rings is 1. The van der Waals surface area contributed by atoms with Crippen molar-refractivity contribution in [1.29, 1.82) is 0 Å². The highest BCUT2D eigenvalue weighted by Gasteiger charge is 2.50. The van der Waals surface area contributed by atoms with Crippen LogP contribution in [-0.4, -0.2) is 130 Å². The molecule has 16 nitrogen and oxygen atoms in total. The summed E-state index contributed by atoms with van der Waals surface area (Å²) in [7, 11) is 3.42. The molecule has 1 fully saturated rings. The Hall–Kier alpha value is -5.16. The third-order valence-corrected chi connectivity index (χ3v) is 11.9. The van der Waals surface area contributed by atoms with Crippen molar-refractivity contribution in [3.8, 4) is 23.0 Å². The number of nitrogens with zero attached hydrogens (tertiary/aromatic N) is 3. The van der Waals surface area contributed by atoms with Gasteiger partial charge in [0, 0.05) is 87.3 Å². The molecule has 0 radical (unpaired) electrons. The zero-order valence-electron chi connectivity index (χ0n) is 35.3. The third-order valence-electron chi connectivity index (χ3n) is 11.9. The van der Waals surface area contributed by atoms with E-state index >= 15 is 0 Å². The second kappa shape index (κ2) is 18.0. The van der Waals surface area contributed by atoms with E-state index in [0.29, 0.717) is 13.1 Å². The van der Waals surface area contributed by atoms with Gasteiger partial charge in [-0.15, -0.1) is 0 Å². The Morgan fingerprint density at radius 3 is 2.24 bits per heavy atom. The smallest absolute Gasteiger partial charge is 0.312 e. The van der Waals surface area contributed by atoms with Crippen molar-refractivity contribution in [2.75, 3.05) is 45.7 Å². The Kier molecular flexibility index (Phi) is 13.7. The van der Waals surface area contributed by atoms with E-state index < -0.39 is 88.8 Å². The number of Topliss-reactive ketones (excluding diaryl/α,β-unsaturated/α-hetero) is 1. The lowest BCUT2D eigenvalue weighted by atomic mass is 9.78. The molecule has 5 bridgehead atoms. The number of methoxy groups -OCH3 is 1. The SMILES string of the molecule is COC1C=COC2(C)Oc3c(C)c(O)c4c(O)c(c(/C=N/N5CCN(C)CC5)c(O)c4c3C2=O)NC(=O)C(C)=CC=CC(C)C(O)C(C)C(O)C(C)C(OC(C)=O)C1C. The number of hydrogen-bond donors (Lipinski definition) is 6. The predicted octanol–water partition coefficient (Wildman–Crippen LogP) is 4.34. The topological polar surface area (TPSA) is 220 Å². The summed E-state index contributed by atoms with van der Waals surface area (Å²) in [6.07, 6.45) is 4.86. The summed E-state index contributed by atoms with van der Waals surface area (Å²) in [4.78, 5) is 42.6. The fraction of sp³-hybridized carbons (Fsp3) is 0.535. The monoisotopic (exact) mass is 822 g/mol. The number of rotatable bonds is 4. The highest BCUT2D eigenvalue weighted by atomic mass is 16.7. The molecule has 0 aromatic heterocycles. The Morgan fingerprint density at radius 2 is 1.61 bits per heavy atom. The van der Waals surface area contributed by atoms with Crippen molar-refractivity contribution in [2.45, 2.75) is 85.6 Å². The molecule has 4 aliphatic heterocycles. The first kappa shape index (κ1) is 44.9. The van der Waals surface area contributed by atoms with Crippen LogP contribution in [-0.2, 0) is 23.8 Å². The lowest BCUT2D eigenvalue weighted by Gasteiger charge is -2.38. The van der Waals surface area contributed by atoms with Crippen molar-refractivity contribution < 1.29 is 58.9 Å². The van der Waals surface area contributed by atoms with Gasteiger partial charge in [-0.25, -0.2) is 0 Å². The molecule has 59 heavy (non-hydrogen) atoms. The number of aliphatic hydroxyl groups is 2. The highest BCUT2D eigenvalue weighted by molar-refractivity contribution is 6.23. The molecule has 0 spiro atoms. The van der Waals surface area contributed by atoms with Gasteiger partial charge in [-0.1, -0.05) is 45.9 Å². The van der Waals surface area contributed by atoms with Crippen molar-refractivity contribution >= 4 is 40.3 Å². The van der Waals surface area contributed by atoms with Crippen LogP contribution in [0.2, 0.25) is 0 Å². The van der Waals surface area contributed by atoms with Gasteiger partial charge in [-0.2, -0.15) is 5.10 Å². The minimum atomic E-state index is -2.04. The number of fused-ring (bicyclic) bond motifs is 14. The number of ether oxygens (including phenoxy) is 4. The lowest BCUT2D eigenvalue weighted by Crippen LogP contribution is -2.46. The van der Waals surface area contributed by atoms with Crippen LogP contribution in [0, 0.1) is 30.6 Å². The van der Waals surface area contributed by atoms with Crippen molar-refractivity contribution in [1.82, 2.24) is 9.91 Å². The minimum Gasteiger partial charge on any atom is -0.507 e. The Balaban J connectivity index is 1.70. The number of esters is 1. The number of ketones is 1. The number of aromatic hydroxyl groups is 3. The van der Waals surface area contributed by atoms with E-state index in [1.165, 1.54) is 59.4 Å². The maximum atomic E-state index is 14.4. The molecule has 4 heterocycles. The minimum absolute atomic E-state index is 0.0559. The van der Waals surface area contributed by atoms with Gasteiger partial charge in [0.25, 0.3) is 11.7 Å². The summed E-state index contributed by atoms with van der Waals surface area (Å²) in [6, 6.07) is 0. The van der Waals surface area contributed by atoms with E-state index in [1.807, 2.05) is 7.05 Å². The number of carbonyl (C=O) groups excluding carboxylic acids is 3. The number of benzene rings is 2. The van der Waals surface area contributed by atoms with Crippen LogP contribution in [0.3, 0.4) is 0 Å². The number of nitrogens with one attached hydrogen (secondary N) is 1. The largest absolute Gasteiger partial charge is 0.507 e. The zero-order valence-corrected chi connectivity index (χ0v) is 35.3. The first-order valence-corrected chi connectivity index (χ1v) is 19.8. The molecule has 4 aliphatic rings.